The van der Waals surface area contributed by atoms with E-state index in [0.717, 1.165) is 0 Å². The first-order chi connectivity index (χ1) is 4.63. The summed E-state index contributed by atoms with van der Waals surface area (Å²) in [6.07, 6.45) is 0. The quantitative estimate of drug-likeness (QED) is 0.601. The molecule has 0 unspecified atom stereocenters. The molecular weight excluding hydrogens is 364 g/mol. The molecule has 0 atom stereocenters. The van der Waals surface area contributed by atoms with E-state index in [2.05, 4.69) is 0 Å². The fourth-order valence-corrected chi connectivity index (χ4v) is 6.57. The third kappa shape index (κ3) is 3.33. The van der Waals surface area contributed by atoms with E-state index in [9.17, 15) is 4.79 Å². The van der Waals surface area contributed by atoms with Gasteiger partial charge in [0.25, 0.3) is 0 Å². The van der Waals surface area contributed by atoms with Gasteiger partial charge in [-0.15, -0.1) is 0 Å². The molecule has 0 saturated carbocycles. The van der Waals surface area contributed by atoms with Crippen molar-refractivity contribution < 1.29 is 33.2 Å². The average molecular weight is 370 g/mol. The fourth-order valence-electron chi connectivity index (χ4n) is 0.453. The molecule has 5 heteroatoms. The van der Waals surface area contributed by atoms with E-state index in [1.807, 2.05) is 0 Å². The summed E-state index contributed by atoms with van der Waals surface area (Å²) in [5.41, 5.74) is 0. The van der Waals surface area contributed by atoms with Crippen molar-refractivity contribution in [2.24, 2.45) is 0 Å². The number of ketones is 1. The molecule has 0 radical (unpaired) electrons. The molecule has 1 N–H and O–H groups in total. The Kier molecular flexibility index (Phi) is 6.01. The van der Waals surface area contributed by atoms with Crippen LogP contribution in [0.4, 0.5) is 0 Å². The first-order valence-electron chi connectivity index (χ1n) is 2.68. The zero-order valence-electron chi connectivity index (χ0n) is 5.53. The van der Waals surface area contributed by atoms with Gasteiger partial charge in [0, 0.05) is 0 Å². The summed E-state index contributed by atoms with van der Waals surface area (Å²) in [5, 5.41) is 8.75. The number of carbonyl (C=O) groups excluding carboxylic acids is 1. The van der Waals surface area contributed by atoms with Gasteiger partial charge in [0.15, 0.2) is 0 Å². The molecule has 0 aromatic heterocycles. The van der Waals surface area contributed by atoms with Crippen molar-refractivity contribution in [3.63, 3.8) is 0 Å². The van der Waals surface area contributed by atoms with Crippen LogP contribution in [0.2, 0.25) is 0 Å². The number of halogens is 2. The maximum atomic E-state index is 10.7. The molecule has 0 aliphatic heterocycles. The van der Waals surface area contributed by atoms with Crippen molar-refractivity contribution >= 4 is 25.6 Å². The Bertz CT molecular complexity index is 167. The number of rotatable bonds is 3. The van der Waals surface area contributed by atoms with Crippen LogP contribution in [0.5, 0.6) is 0 Å². The summed E-state index contributed by atoms with van der Waals surface area (Å²) < 4.78 is 0.505. The molecule has 0 spiro atoms. The summed E-state index contributed by atoms with van der Waals surface area (Å²) in [6, 6.07) is 0. The summed E-state index contributed by atoms with van der Waals surface area (Å²) in [7, 11) is 5.58. The van der Waals surface area contributed by atoms with Crippen molar-refractivity contribution in [3.8, 4) is 0 Å². The van der Waals surface area contributed by atoms with Crippen molar-refractivity contribution in [1.29, 1.82) is 0 Å². The second-order valence-corrected chi connectivity index (χ2v) is 8.32. The number of aliphatic hydroxyl groups is 1. The number of hydrogen-bond donors (Lipinski definition) is 1. The summed E-state index contributed by atoms with van der Waals surface area (Å²) in [5.74, 6) is -0.101. The van der Waals surface area contributed by atoms with Crippen LogP contribution in [-0.2, 0) is 28.1 Å². The standard InChI is InChI=1S/C5H6ClO2.ClH.Hg/c1-4(8)2-5(6)3-7;;/h7H,3H2,1H3;1H;/q;;+1/p-1. The molecule has 0 aliphatic carbocycles. The van der Waals surface area contributed by atoms with E-state index in [0.29, 0.717) is 3.08 Å². The Morgan fingerprint density at radius 2 is 2.20 bits per heavy atom. The van der Waals surface area contributed by atoms with Gasteiger partial charge in [0.1, 0.15) is 0 Å². The topological polar surface area (TPSA) is 37.3 Å². The molecule has 0 bridgehead atoms. The third-order valence-corrected chi connectivity index (χ3v) is 9.22. The summed E-state index contributed by atoms with van der Waals surface area (Å²) in [6.45, 7) is 1.14. The molecule has 0 saturated heterocycles. The minimum absolute atomic E-state index is 0.101. The Labute approximate surface area is 80.1 Å². The SMILES string of the molecule is CC(=O)/[C]([Hg][Cl])=C(/Cl)CO. The van der Waals surface area contributed by atoms with Gasteiger partial charge < -0.3 is 0 Å². The van der Waals surface area contributed by atoms with Gasteiger partial charge in [-0.2, -0.15) is 0 Å². The number of Topliss-reactive ketones (excluding diaryl/α,β-unsaturated/α-hetero) is 1. The summed E-state index contributed by atoms with van der Waals surface area (Å²) in [4.78, 5) is 10.7. The van der Waals surface area contributed by atoms with Crippen LogP contribution >= 0.6 is 19.9 Å². The Balaban J connectivity index is 4.45. The van der Waals surface area contributed by atoms with Crippen molar-refractivity contribution in [1.82, 2.24) is 0 Å². The van der Waals surface area contributed by atoms with E-state index >= 15 is 0 Å². The van der Waals surface area contributed by atoms with Crippen LogP contribution in [0, 0.1) is 0 Å². The van der Waals surface area contributed by atoms with Gasteiger partial charge in [0.05, 0.1) is 0 Å². The minimum atomic E-state index is -1.74. The van der Waals surface area contributed by atoms with Crippen LogP contribution in [0.15, 0.2) is 8.11 Å². The molecule has 0 aromatic carbocycles. The third-order valence-electron chi connectivity index (χ3n) is 1.02. The van der Waals surface area contributed by atoms with Crippen LogP contribution in [0.3, 0.4) is 0 Å². The van der Waals surface area contributed by atoms with E-state index in [1.165, 1.54) is 6.92 Å². The van der Waals surface area contributed by atoms with Gasteiger partial charge in [-0.3, -0.25) is 0 Å². The maximum absolute atomic E-state index is 10.7. The second-order valence-electron chi connectivity index (χ2n) is 1.73. The molecule has 0 heterocycles. The van der Waals surface area contributed by atoms with Gasteiger partial charge in [-0.05, 0) is 0 Å². The molecule has 0 aromatic rings. The van der Waals surface area contributed by atoms with E-state index in [-0.39, 0.29) is 17.4 Å². The van der Waals surface area contributed by atoms with Crippen LogP contribution < -0.4 is 0 Å². The van der Waals surface area contributed by atoms with Crippen molar-refractivity contribution in [3.05, 3.63) is 8.11 Å². The van der Waals surface area contributed by atoms with Gasteiger partial charge in [-0.25, -0.2) is 0 Å². The zero-order chi connectivity index (χ0) is 8.15. The second kappa shape index (κ2) is 5.52. The molecule has 0 rings (SSSR count). The fraction of sp³-hybridized carbons (Fsp3) is 0.400. The van der Waals surface area contributed by atoms with Crippen molar-refractivity contribution in [2.75, 3.05) is 6.61 Å². The van der Waals surface area contributed by atoms with Crippen LogP contribution in [0.1, 0.15) is 6.92 Å². The van der Waals surface area contributed by atoms with E-state index in [1.54, 1.807) is 0 Å². The Morgan fingerprint density at radius 1 is 1.70 bits per heavy atom. The van der Waals surface area contributed by atoms with Gasteiger partial charge in [0.2, 0.25) is 0 Å². The first kappa shape index (κ1) is 10.9. The summed E-state index contributed by atoms with van der Waals surface area (Å²) >= 11 is 3.77. The first-order valence-corrected chi connectivity index (χ1v) is 12.6. The molecule has 0 amide bonds. The Hall–Kier alpha value is 0.885. The molecule has 2 nitrogen and oxygen atoms in total. The molecule has 10 heavy (non-hydrogen) atoms. The number of aliphatic hydroxyl groups excluding tert-OH is 1. The average Bonchev–Trinajstić information content (AvgIpc) is 1.88. The monoisotopic (exact) mass is 370 g/mol. The Morgan fingerprint density at radius 3 is 2.30 bits per heavy atom. The van der Waals surface area contributed by atoms with Crippen LogP contribution in [0.25, 0.3) is 0 Å². The van der Waals surface area contributed by atoms with Crippen LogP contribution in [-0.4, -0.2) is 17.5 Å². The van der Waals surface area contributed by atoms with Gasteiger partial charge in [-0.1, -0.05) is 0 Å². The predicted molar refractivity (Wildman–Crippen MR) is 36.5 cm³/mol. The molecule has 0 fully saturated rings. The molecule has 54 valence electrons. The number of carbonyl (C=O) groups is 1. The van der Waals surface area contributed by atoms with E-state index < -0.39 is 23.3 Å². The zero-order valence-corrected chi connectivity index (χ0v) is 12.5. The van der Waals surface area contributed by atoms with Gasteiger partial charge >= 0.3 is 80.5 Å². The normalized spacial score (nSPS) is 12.0. The predicted octanol–water partition coefficient (Wildman–Crippen LogP) is 1.25. The van der Waals surface area contributed by atoms with Crippen molar-refractivity contribution in [2.45, 2.75) is 6.92 Å². The molecular formula is C5H6Cl2HgO2. The van der Waals surface area contributed by atoms with E-state index in [4.69, 9.17) is 25.0 Å². The number of hydrogen-bond acceptors (Lipinski definition) is 2. The molecule has 0 aliphatic rings. The number of allylic oxidation sites excluding steroid dienone is 1.